The predicted octanol–water partition coefficient (Wildman–Crippen LogP) is -0.410. The van der Waals surface area contributed by atoms with E-state index in [9.17, 15) is 18.0 Å². The van der Waals surface area contributed by atoms with Gasteiger partial charge in [-0.3, -0.25) is 9.59 Å². The van der Waals surface area contributed by atoms with Crippen molar-refractivity contribution in [3.63, 3.8) is 0 Å². The van der Waals surface area contributed by atoms with E-state index >= 15 is 0 Å². The molecule has 18 heavy (non-hydrogen) atoms. The van der Waals surface area contributed by atoms with Crippen molar-refractivity contribution < 1.29 is 23.1 Å². The van der Waals surface area contributed by atoms with Crippen LogP contribution in [-0.2, 0) is 19.6 Å². The lowest BCUT2D eigenvalue weighted by Crippen LogP contribution is -2.41. The van der Waals surface area contributed by atoms with Crippen molar-refractivity contribution in [3.05, 3.63) is 0 Å². The van der Waals surface area contributed by atoms with Crippen LogP contribution in [0.25, 0.3) is 0 Å². The van der Waals surface area contributed by atoms with E-state index in [0.29, 0.717) is 0 Å². The number of carboxylic acids is 1. The Morgan fingerprint density at radius 2 is 1.72 bits per heavy atom. The van der Waals surface area contributed by atoms with Gasteiger partial charge in [0.25, 0.3) is 0 Å². The summed E-state index contributed by atoms with van der Waals surface area (Å²) >= 11 is 0. The van der Waals surface area contributed by atoms with Gasteiger partial charge < -0.3 is 10.0 Å². The second-order valence-corrected chi connectivity index (χ2v) is 6.66. The number of hydrogen-bond donors (Lipinski definition) is 1. The average molecular weight is 280 g/mol. The van der Waals surface area contributed by atoms with Crippen LogP contribution in [0.4, 0.5) is 0 Å². The van der Waals surface area contributed by atoms with Gasteiger partial charge >= 0.3 is 5.97 Å². The van der Waals surface area contributed by atoms with Gasteiger partial charge in [-0.15, -0.1) is 0 Å². The van der Waals surface area contributed by atoms with E-state index in [0.717, 1.165) is 9.21 Å². The predicted molar refractivity (Wildman–Crippen MR) is 66.6 cm³/mol. The molecule has 0 heterocycles. The van der Waals surface area contributed by atoms with Crippen molar-refractivity contribution in [2.45, 2.75) is 26.3 Å². The van der Waals surface area contributed by atoms with Crippen LogP contribution in [0, 0.1) is 0 Å². The minimum Gasteiger partial charge on any atom is -0.480 e. The molecule has 0 rings (SSSR count). The van der Waals surface area contributed by atoms with Crippen LogP contribution in [-0.4, -0.2) is 67.0 Å². The number of aliphatic carboxylic acids is 1. The smallest absolute Gasteiger partial charge is 0.323 e. The summed E-state index contributed by atoms with van der Waals surface area (Å²) in [4.78, 5) is 23.5. The lowest BCUT2D eigenvalue weighted by atomic mass is 10.3. The number of carboxylic acid groups (broad SMARTS) is 1. The summed E-state index contributed by atoms with van der Waals surface area (Å²) in [7, 11) is -0.670. The maximum atomic E-state index is 11.8. The highest BCUT2D eigenvalue weighted by atomic mass is 32.2. The zero-order valence-corrected chi connectivity index (χ0v) is 11.9. The van der Waals surface area contributed by atoms with Crippen LogP contribution >= 0.6 is 0 Å². The summed E-state index contributed by atoms with van der Waals surface area (Å²) in [5.41, 5.74) is 0. The Morgan fingerprint density at radius 1 is 1.22 bits per heavy atom. The average Bonchev–Trinajstić information content (AvgIpc) is 2.21. The van der Waals surface area contributed by atoms with Gasteiger partial charge in [-0.1, -0.05) is 0 Å². The zero-order valence-electron chi connectivity index (χ0n) is 11.1. The first kappa shape index (κ1) is 16.9. The quantitative estimate of drug-likeness (QED) is 0.684. The van der Waals surface area contributed by atoms with Crippen molar-refractivity contribution in [2.24, 2.45) is 0 Å². The van der Waals surface area contributed by atoms with Gasteiger partial charge in [0.05, 0.1) is 5.75 Å². The fourth-order valence-corrected chi connectivity index (χ4v) is 2.04. The molecule has 0 atom stereocenters. The van der Waals surface area contributed by atoms with E-state index in [1.807, 2.05) is 0 Å². The fourth-order valence-electron chi connectivity index (χ4n) is 1.25. The summed E-state index contributed by atoms with van der Waals surface area (Å²) < 4.78 is 24.0. The fraction of sp³-hybridized carbons (Fsp3) is 0.800. The molecule has 0 aliphatic rings. The van der Waals surface area contributed by atoms with E-state index < -0.39 is 28.4 Å². The van der Waals surface area contributed by atoms with Gasteiger partial charge in [0.15, 0.2) is 0 Å². The molecule has 0 spiro atoms. The van der Waals surface area contributed by atoms with Crippen LogP contribution in [0.3, 0.4) is 0 Å². The number of carbonyl (C=O) groups is 2. The van der Waals surface area contributed by atoms with E-state index in [2.05, 4.69) is 0 Å². The molecular weight excluding hydrogens is 260 g/mol. The van der Waals surface area contributed by atoms with E-state index in [1.54, 1.807) is 13.8 Å². The van der Waals surface area contributed by atoms with E-state index in [4.69, 9.17) is 5.11 Å². The van der Waals surface area contributed by atoms with Gasteiger partial charge in [-0.05, 0) is 13.8 Å². The lowest BCUT2D eigenvalue weighted by Gasteiger charge is -2.25. The topological polar surface area (TPSA) is 95.0 Å². The highest BCUT2D eigenvalue weighted by Gasteiger charge is 2.22. The van der Waals surface area contributed by atoms with Crippen molar-refractivity contribution in [1.82, 2.24) is 9.21 Å². The summed E-state index contributed by atoms with van der Waals surface area (Å²) in [6.07, 6.45) is -0.216. The molecule has 0 fully saturated rings. The van der Waals surface area contributed by atoms with Crippen molar-refractivity contribution in [3.8, 4) is 0 Å². The van der Waals surface area contributed by atoms with Gasteiger partial charge in [0.2, 0.25) is 15.9 Å². The molecule has 0 unspecified atom stereocenters. The molecule has 1 amide bonds. The minimum atomic E-state index is -3.44. The molecule has 0 radical (unpaired) electrons. The highest BCUT2D eigenvalue weighted by molar-refractivity contribution is 7.89. The Balaban J connectivity index is 4.59. The number of carbonyl (C=O) groups excluding carboxylic acids is 1. The molecule has 0 bridgehead atoms. The Labute approximate surface area is 107 Å². The van der Waals surface area contributed by atoms with Crippen molar-refractivity contribution in [1.29, 1.82) is 0 Å². The van der Waals surface area contributed by atoms with Crippen molar-refractivity contribution in [2.75, 3.05) is 26.4 Å². The SMILES string of the molecule is CC(C)N(CC(=O)O)C(=O)CCS(=O)(=O)N(C)C. The Bertz CT molecular complexity index is 402. The molecule has 0 aromatic rings. The maximum Gasteiger partial charge on any atom is 0.323 e. The Kier molecular flexibility index (Phi) is 6.27. The van der Waals surface area contributed by atoms with Crippen LogP contribution < -0.4 is 0 Å². The van der Waals surface area contributed by atoms with Gasteiger partial charge in [-0.2, -0.15) is 0 Å². The zero-order chi connectivity index (χ0) is 14.5. The second-order valence-electron chi connectivity index (χ2n) is 4.36. The van der Waals surface area contributed by atoms with Gasteiger partial charge in [0, 0.05) is 26.6 Å². The first-order valence-electron chi connectivity index (χ1n) is 5.49. The molecule has 0 aromatic heterocycles. The Hall–Kier alpha value is -1.15. The van der Waals surface area contributed by atoms with E-state index in [-0.39, 0.29) is 18.2 Å². The molecule has 0 aromatic carbocycles. The first-order chi connectivity index (χ1) is 8.08. The monoisotopic (exact) mass is 280 g/mol. The van der Waals surface area contributed by atoms with Crippen LogP contribution in [0.1, 0.15) is 20.3 Å². The second kappa shape index (κ2) is 6.69. The molecule has 106 valence electrons. The van der Waals surface area contributed by atoms with Gasteiger partial charge in [0.1, 0.15) is 6.54 Å². The third-order valence-corrected chi connectivity index (χ3v) is 4.21. The summed E-state index contributed by atoms with van der Waals surface area (Å²) in [6.45, 7) is 2.95. The standard InChI is InChI=1S/C10H20N2O5S/c1-8(2)12(7-10(14)15)9(13)5-6-18(16,17)11(3)4/h8H,5-7H2,1-4H3,(H,14,15). The first-order valence-corrected chi connectivity index (χ1v) is 7.10. The summed E-state index contributed by atoms with van der Waals surface area (Å²) in [6, 6.07) is -0.282. The third-order valence-electron chi connectivity index (χ3n) is 2.38. The molecule has 7 nitrogen and oxygen atoms in total. The lowest BCUT2D eigenvalue weighted by molar-refractivity contribution is -0.145. The van der Waals surface area contributed by atoms with E-state index in [1.165, 1.54) is 14.1 Å². The molecule has 1 N–H and O–H groups in total. The molecule has 0 aliphatic carbocycles. The van der Waals surface area contributed by atoms with Crippen molar-refractivity contribution >= 4 is 21.9 Å². The third kappa shape index (κ3) is 5.46. The van der Waals surface area contributed by atoms with Gasteiger partial charge in [-0.25, -0.2) is 12.7 Å². The normalized spacial score (nSPS) is 11.9. The number of nitrogens with zero attached hydrogens (tertiary/aromatic N) is 2. The minimum absolute atomic E-state index is 0.216. The van der Waals surface area contributed by atoms with Crippen LogP contribution in [0.5, 0.6) is 0 Å². The summed E-state index contributed by atoms with van der Waals surface area (Å²) in [5.74, 6) is -1.91. The number of amides is 1. The molecule has 8 heteroatoms. The Morgan fingerprint density at radius 3 is 2.06 bits per heavy atom. The number of rotatable bonds is 7. The molecule has 0 saturated carbocycles. The summed E-state index contributed by atoms with van der Waals surface area (Å²) in [5, 5.41) is 8.68. The number of sulfonamides is 1. The molecular formula is C10H20N2O5S. The molecule has 0 aliphatic heterocycles. The largest absolute Gasteiger partial charge is 0.480 e. The number of hydrogen-bond acceptors (Lipinski definition) is 4. The highest BCUT2D eigenvalue weighted by Crippen LogP contribution is 2.05. The maximum absolute atomic E-state index is 11.8. The van der Waals surface area contributed by atoms with Crippen LogP contribution in [0.2, 0.25) is 0 Å². The van der Waals surface area contributed by atoms with Crippen LogP contribution in [0.15, 0.2) is 0 Å². The molecule has 0 saturated heterocycles.